The first-order valence-corrected chi connectivity index (χ1v) is 17.3. The van der Waals surface area contributed by atoms with E-state index in [0.717, 1.165) is 21.0 Å². The lowest BCUT2D eigenvalue weighted by atomic mass is 10.0. The van der Waals surface area contributed by atoms with E-state index in [0.29, 0.717) is 23.1 Å². The Morgan fingerprint density at radius 1 is 0.851 bits per heavy atom. The highest BCUT2D eigenvalue weighted by atomic mass is 35.5. The highest BCUT2D eigenvalue weighted by Gasteiger charge is 2.35. The fourth-order valence-corrected chi connectivity index (χ4v) is 6.58. The van der Waals surface area contributed by atoms with Gasteiger partial charge in [-0.2, -0.15) is 0 Å². The van der Waals surface area contributed by atoms with Crippen molar-refractivity contribution < 1.29 is 22.7 Å². The van der Waals surface area contributed by atoms with E-state index in [1.165, 1.54) is 17.0 Å². The quantitative estimate of drug-likeness (QED) is 0.168. The number of carbonyl (C=O) groups is 2. The number of benzene rings is 4. The molecule has 0 aliphatic heterocycles. The van der Waals surface area contributed by atoms with Gasteiger partial charge in [-0.1, -0.05) is 71.8 Å². The Morgan fingerprint density at radius 2 is 1.47 bits per heavy atom. The molecule has 0 unspecified atom stereocenters. The third kappa shape index (κ3) is 9.83. The summed E-state index contributed by atoms with van der Waals surface area (Å²) in [5.74, 6) is -0.355. The second-order valence-corrected chi connectivity index (χ2v) is 14.6. The van der Waals surface area contributed by atoms with E-state index in [9.17, 15) is 18.0 Å². The van der Waals surface area contributed by atoms with Crippen molar-refractivity contribution in [3.05, 3.63) is 125 Å². The molecular formula is C37H42ClN3O5S. The minimum absolute atomic E-state index is 0.00453. The number of rotatable bonds is 13. The minimum Gasteiger partial charge on any atom is -0.494 e. The van der Waals surface area contributed by atoms with Crippen LogP contribution in [-0.4, -0.2) is 49.9 Å². The summed E-state index contributed by atoms with van der Waals surface area (Å²) < 4.78 is 35.1. The highest BCUT2D eigenvalue weighted by molar-refractivity contribution is 7.92. The molecule has 1 atom stereocenters. The molecule has 4 rings (SSSR count). The van der Waals surface area contributed by atoms with Gasteiger partial charge in [-0.25, -0.2) is 8.42 Å². The van der Waals surface area contributed by atoms with Crippen LogP contribution in [0.4, 0.5) is 5.69 Å². The fraction of sp³-hybridized carbons (Fsp3) is 0.297. The molecule has 10 heteroatoms. The van der Waals surface area contributed by atoms with Gasteiger partial charge in [0, 0.05) is 23.5 Å². The van der Waals surface area contributed by atoms with Crippen molar-refractivity contribution in [2.24, 2.45) is 0 Å². The average Bonchev–Trinajstić information content (AvgIpc) is 3.03. The van der Waals surface area contributed by atoms with Crippen LogP contribution in [0.2, 0.25) is 5.02 Å². The molecular weight excluding hydrogens is 634 g/mol. The number of halogens is 1. The summed E-state index contributed by atoms with van der Waals surface area (Å²) in [5.41, 5.74) is 2.27. The molecule has 2 amide bonds. The fourth-order valence-electron chi connectivity index (χ4n) is 5.03. The molecule has 0 saturated heterocycles. The Bertz CT molecular complexity index is 1740. The van der Waals surface area contributed by atoms with Gasteiger partial charge in [-0.3, -0.25) is 13.9 Å². The number of anilines is 1. The number of nitrogens with zero attached hydrogens (tertiary/aromatic N) is 2. The first kappa shape index (κ1) is 35.5. The zero-order chi connectivity index (χ0) is 34.2. The molecule has 4 aromatic carbocycles. The molecule has 0 spiro atoms. The number of aryl methyl sites for hydroxylation is 1. The molecule has 0 aromatic heterocycles. The van der Waals surface area contributed by atoms with Crippen LogP contribution in [0.25, 0.3) is 0 Å². The van der Waals surface area contributed by atoms with Crippen molar-refractivity contribution in [1.82, 2.24) is 10.2 Å². The first-order chi connectivity index (χ1) is 22.3. The Hall–Kier alpha value is -4.34. The average molecular weight is 676 g/mol. The molecule has 0 heterocycles. The predicted molar refractivity (Wildman–Crippen MR) is 187 cm³/mol. The zero-order valence-electron chi connectivity index (χ0n) is 27.4. The van der Waals surface area contributed by atoms with Crippen LogP contribution in [0.15, 0.2) is 108 Å². The van der Waals surface area contributed by atoms with Gasteiger partial charge in [-0.15, -0.1) is 0 Å². The van der Waals surface area contributed by atoms with E-state index in [4.69, 9.17) is 16.3 Å². The van der Waals surface area contributed by atoms with Crippen LogP contribution in [0, 0.1) is 6.92 Å². The number of carbonyl (C=O) groups excluding carboxylic acids is 2. The van der Waals surface area contributed by atoms with E-state index in [2.05, 4.69) is 5.32 Å². The maximum Gasteiger partial charge on any atom is 0.264 e. The van der Waals surface area contributed by atoms with Gasteiger partial charge in [0.15, 0.2) is 0 Å². The second kappa shape index (κ2) is 15.5. The summed E-state index contributed by atoms with van der Waals surface area (Å²) in [4.78, 5) is 30.0. The van der Waals surface area contributed by atoms with E-state index >= 15 is 0 Å². The largest absolute Gasteiger partial charge is 0.494 e. The molecule has 248 valence electrons. The summed E-state index contributed by atoms with van der Waals surface area (Å²) >= 11 is 6.16. The topological polar surface area (TPSA) is 96.0 Å². The second-order valence-electron chi connectivity index (χ2n) is 12.3. The predicted octanol–water partition coefficient (Wildman–Crippen LogP) is 6.80. The normalized spacial score (nSPS) is 12.2. The van der Waals surface area contributed by atoms with Crippen LogP contribution in [0.5, 0.6) is 5.75 Å². The molecule has 0 aliphatic carbocycles. The molecule has 1 N–H and O–H groups in total. The van der Waals surface area contributed by atoms with E-state index in [1.807, 2.05) is 65.0 Å². The van der Waals surface area contributed by atoms with Gasteiger partial charge in [0.25, 0.3) is 10.0 Å². The lowest BCUT2D eigenvalue weighted by Crippen LogP contribution is -2.56. The Morgan fingerprint density at radius 3 is 2.04 bits per heavy atom. The van der Waals surface area contributed by atoms with E-state index in [1.54, 1.807) is 60.7 Å². The molecule has 0 fully saturated rings. The van der Waals surface area contributed by atoms with E-state index in [-0.39, 0.29) is 23.8 Å². The highest BCUT2D eigenvalue weighted by Crippen LogP contribution is 2.27. The van der Waals surface area contributed by atoms with Crippen molar-refractivity contribution in [1.29, 1.82) is 0 Å². The summed E-state index contributed by atoms with van der Waals surface area (Å²) in [6.07, 6.45) is 0.220. The van der Waals surface area contributed by atoms with Crippen LogP contribution >= 0.6 is 11.6 Å². The third-order valence-electron chi connectivity index (χ3n) is 7.36. The van der Waals surface area contributed by atoms with Crippen molar-refractivity contribution in [3.8, 4) is 5.75 Å². The number of nitrogens with one attached hydrogen (secondary N) is 1. The number of amides is 2. The number of hydrogen-bond acceptors (Lipinski definition) is 5. The Kier molecular flexibility index (Phi) is 11.7. The molecule has 4 aromatic rings. The molecule has 0 aliphatic rings. The third-order valence-corrected chi connectivity index (χ3v) is 9.40. The maximum absolute atomic E-state index is 14.6. The van der Waals surface area contributed by atoms with Gasteiger partial charge >= 0.3 is 0 Å². The lowest BCUT2D eigenvalue weighted by molar-refractivity contribution is -0.140. The first-order valence-electron chi connectivity index (χ1n) is 15.5. The van der Waals surface area contributed by atoms with Gasteiger partial charge in [0.2, 0.25) is 11.8 Å². The van der Waals surface area contributed by atoms with Crippen LogP contribution in [0.3, 0.4) is 0 Å². The minimum atomic E-state index is -4.23. The number of ether oxygens (including phenoxy) is 1. The maximum atomic E-state index is 14.6. The lowest BCUT2D eigenvalue weighted by Gasteiger charge is -2.35. The summed E-state index contributed by atoms with van der Waals surface area (Å²) in [6.45, 7) is 9.31. The monoisotopic (exact) mass is 675 g/mol. The Labute approximate surface area is 283 Å². The van der Waals surface area contributed by atoms with Crippen molar-refractivity contribution in [2.45, 2.75) is 64.1 Å². The van der Waals surface area contributed by atoms with Gasteiger partial charge in [0.1, 0.15) is 18.3 Å². The van der Waals surface area contributed by atoms with Gasteiger partial charge in [0.05, 0.1) is 17.2 Å². The summed E-state index contributed by atoms with van der Waals surface area (Å²) in [6, 6.07) is 28.5. The standard InChI is InChI=1S/C37H42ClN3O5S/c1-6-46-32-20-22-33(23-21-32)47(44,45)41(31-18-12-27(2)13-19-31)26-35(42)40(25-29-14-16-30(38)17-15-29)34(36(43)39-37(3,4)5)24-28-10-8-7-9-11-28/h7-23,34H,6,24-26H2,1-5H3,(H,39,43)/t34-/m1/s1. The Balaban J connectivity index is 1.80. The van der Waals surface area contributed by atoms with Crippen molar-refractivity contribution >= 4 is 39.1 Å². The van der Waals surface area contributed by atoms with Crippen LogP contribution in [0.1, 0.15) is 44.4 Å². The molecule has 8 nitrogen and oxygen atoms in total. The molecule has 0 saturated carbocycles. The van der Waals surface area contributed by atoms with Gasteiger partial charge < -0.3 is 15.0 Å². The van der Waals surface area contributed by atoms with Crippen LogP contribution < -0.4 is 14.4 Å². The smallest absolute Gasteiger partial charge is 0.264 e. The van der Waals surface area contributed by atoms with Gasteiger partial charge in [-0.05, 0) is 94.3 Å². The molecule has 0 radical (unpaired) electrons. The number of sulfonamides is 1. The van der Waals surface area contributed by atoms with Crippen molar-refractivity contribution in [3.63, 3.8) is 0 Å². The van der Waals surface area contributed by atoms with E-state index < -0.39 is 34.1 Å². The summed E-state index contributed by atoms with van der Waals surface area (Å²) in [5, 5.41) is 3.57. The zero-order valence-corrected chi connectivity index (χ0v) is 29.0. The molecule has 47 heavy (non-hydrogen) atoms. The molecule has 0 bridgehead atoms. The summed E-state index contributed by atoms with van der Waals surface area (Å²) in [7, 11) is -4.23. The van der Waals surface area contributed by atoms with Crippen molar-refractivity contribution in [2.75, 3.05) is 17.5 Å². The SMILES string of the molecule is CCOc1ccc(S(=O)(=O)N(CC(=O)N(Cc2ccc(Cl)cc2)[C@H](Cc2ccccc2)C(=O)NC(C)(C)C)c2ccc(C)cc2)cc1. The number of hydrogen-bond donors (Lipinski definition) is 1. The van der Waals surface area contributed by atoms with Crippen LogP contribution in [-0.2, 0) is 32.6 Å².